The Balaban J connectivity index is 1.69. The molecule has 31 heavy (non-hydrogen) atoms. The molecule has 0 unspecified atom stereocenters. The Morgan fingerprint density at radius 3 is 2.84 bits per heavy atom. The largest absolute Gasteiger partial charge is 0.422 e. The van der Waals surface area contributed by atoms with Crippen LogP contribution in [-0.4, -0.2) is 9.91 Å². The quantitative estimate of drug-likeness (QED) is 0.118. The van der Waals surface area contributed by atoms with E-state index in [1.165, 1.54) is 35.6 Å². The summed E-state index contributed by atoms with van der Waals surface area (Å²) < 4.78 is 6.29. The molecular weight excluding hydrogens is 531 g/mol. The SMILES string of the molecule is N#CC(=CNc1ccccc1I)c1nc(-c2cc3cc([N+](=O)[O-])ccc3oc2=O)cs1. The van der Waals surface area contributed by atoms with Crippen LogP contribution in [0.25, 0.3) is 27.8 Å². The maximum absolute atomic E-state index is 12.4. The number of thiazole rings is 1. The number of nitro benzene ring substituents is 1. The van der Waals surface area contributed by atoms with E-state index in [9.17, 15) is 20.2 Å². The van der Waals surface area contributed by atoms with Gasteiger partial charge >= 0.3 is 5.63 Å². The minimum Gasteiger partial charge on any atom is -0.422 e. The summed E-state index contributed by atoms with van der Waals surface area (Å²) in [7, 11) is 0. The number of allylic oxidation sites excluding steroid dienone is 1. The summed E-state index contributed by atoms with van der Waals surface area (Å²) in [5, 5.41) is 26.1. The van der Waals surface area contributed by atoms with Gasteiger partial charge in [0.25, 0.3) is 5.69 Å². The molecule has 2 aromatic carbocycles. The van der Waals surface area contributed by atoms with E-state index in [0.29, 0.717) is 21.7 Å². The van der Waals surface area contributed by atoms with E-state index < -0.39 is 10.5 Å². The second kappa shape index (κ2) is 8.66. The van der Waals surface area contributed by atoms with Crippen molar-refractivity contribution in [2.75, 3.05) is 5.32 Å². The van der Waals surface area contributed by atoms with Crippen molar-refractivity contribution in [3.8, 4) is 17.3 Å². The molecule has 1 N–H and O–H groups in total. The Bertz CT molecular complexity index is 1450. The van der Waals surface area contributed by atoms with E-state index in [1.807, 2.05) is 24.3 Å². The van der Waals surface area contributed by atoms with Crippen molar-refractivity contribution < 1.29 is 9.34 Å². The molecule has 0 aliphatic heterocycles. The molecule has 10 heteroatoms. The van der Waals surface area contributed by atoms with Gasteiger partial charge in [-0.15, -0.1) is 11.3 Å². The van der Waals surface area contributed by atoms with Crippen LogP contribution in [0.2, 0.25) is 0 Å². The molecule has 152 valence electrons. The van der Waals surface area contributed by atoms with Crippen LogP contribution in [0.3, 0.4) is 0 Å². The van der Waals surface area contributed by atoms with Crippen LogP contribution < -0.4 is 10.9 Å². The molecule has 0 radical (unpaired) electrons. The molecule has 0 saturated carbocycles. The molecule has 0 aliphatic rings. The van der Waals surface area contributed by atoms with Crippen LogP contribution in [0, 0.1) is 25.0 Å². The molecule has 2 aromatic heterocycles. The number of nitriles is 1. The number of nitro groups is 1. The zero-order valence-corrected chi connectivity index (χ0v) is 18.5. The first-order valence-electron chi connectivity index (χ1n) is 8.76. The van der Waals surface area contributed by atoms with Crippen LogP contribution in [0.5, 0.6) is 0 Å². The molecule has 0 bridgehead atoms. The lowest BCUT2D eigenvalue weighted by Gasteiger charge is -2.03. The normalized spacial score (nSPS) is 11.3. The van der Waals surface area contributed by atoms with Gasteiger partial charge in [-0.05, 0) is 46.9 Å². The van der Waals surface area contributed by atoms with Crippen LogP contribution in [-0.2, 0) is 0 Å². The standard InChI is InChI=1S/C21H11IN4O4S/c22-16-3-1-2-4-17(16)24-10-13(9-23)20-25-18(11-31-20)15-8-12-7-14(26(28)29)5-6-19(12)30-21(15)27/h1-8,10-11,24H. The van der Waals surface area contributed by atoms with Gasteiger partial charge in [0.15, 0.2) is 0 Å². The van der Waals surface area contributed by atoms with Crippen LogP contribution in [0.4, 0.5) is 11.4 Å². The van der Waals surface area contributed by atoms with Crippen LogP contribution in [0.1, 0.15) is 5.01 Å². The molecule has 8 nitrogen and oxygen atoms in total. The number of non-ortho nitro benzene ring substituents is 1. The van der Waals surface area contributed by atoms with Gasteiger partial charge in [0.05, 0.1) is 21.9 Å². The highest BCUT2D eigenvalue weighted by Gasteiger charge is 2.15. The average Bonchev–Trinajstić information content (AvgIpc) is 3.24. The molecule has 0 atom stereocenters. The Morgan fingerprint density at radius 2 is 2.10 bits per heavy atom. The highest BCUT2D eigenvalue weighted by Crippen LogP contribution is 2.28. The van der Waals surface area contributed by atoms with E-state index in [1.54, 1.807) is 11.6 Å². The lowest BCUT2D eigenvalue weighted by molar-refractivity contribution is -0.384. The summed E-state index contributed by atoms with van der Waals surface area (Å²) >= 11 is 3.39. The molecule has 0 amide bonds. The fraction of sp³-hybridized carbons (Fsp3) is 0. The van der Waals surface area contributed by atoms with E-state index in [-0.39, 0.29) is 16.8 Å². The van der Waals surface area contributed by atoms with Crippen molar-refractivity contribution in [1.82, 2.24) is 4.98 Å². The van der Waals surface area contributed by atoms with Crippen molar-refractivity contribution in [1.29, 1.82) is 5.26 Å². The van der Waals surface area contributed by atoms with Crippen LogP contribution >= 0.6 is 33.9 Å². The Labute approximate surface area is 192 Å². The number of hydrogen-bond acceptors (Lipinski definition) is 8. The number of hydrogen-bond donors (Lipinski definition) is 1. The van der Waals surface area contributed by atoms with E-state index >= 15 is 0 Å². The number of nitrogens with one attached hydrogen (secondary N) is 1. The first kappa shape index (κ1) is 20.7. The second-order valence-electron chi connectivity index (χ2n) is 6.26. The summed E-state index contributed by atoms with van der Waals surface area (Å²) in [6.07, 6.45) is 1.56. The Kier molecular flexibility index (Phi) is 5.79. The minimum atomic E-state index is -0.613. The van der Waals surface area contributed by atoms with Crippen LogP contribution in [0.15, 0.2) is 69.3 Å². The van der Waals surface area contributed by atoms with Gasteiger partial charge in [-0.1, -0.05) is 12.1 Å². The summed E-state index contributed by atoms with van der Waals surface area (Å²) in [6, 6.07) is 15.2. The van der Waals surface area contributed by atoms with Crippen molar-refractivity contribution in [3.05, 3.63) is 89.2 Å². The Morgan fingerprint density at radius 1 is 1.29 bits per heavy atom. The molecule has 0 fully saturated rings. The second-order valence-corrected chi connectivity index (χ2v) is 8.28. The number of rotatable bonds is 5. The van der Waals surface area contributed by atoms with Crippen molar-refractivity contribution in [2.45, 2.75) is 0 Å². The third kappa shape index (κ3) is 4.32. The minimum absolute atomic E-state index is 0.109. The zero-order valence-electron chi connectivity index (χ0n) is 15.5. The fourth-order valence-electron chi connectivity index (χ4n) is 2.79. The maximum atomic E-state index is 12.4. The fourth-order valence-corrected chi connectivity index (χ4v) is 4.12. The van der Waals surface area contributed by atoms with Crippen molar-refractivity contribution >= 4 is 61.8 Å². The van der Waals surface area contributed by atoms with Crippen molar-refractivity contribution in [2.24, 2.45) is 0 Å². The van der Waals surface area contributed by atoms with Gasteiger partial charge < -0.3 is 9.73 Å². The van der Waals surface area contributed by atoms with E-state index in [0.717, 1.165) is 9.26 Å². The third-order valence-electron chi connectivity index (χ3n) is 4.30. The van der Waals surface area contributed by atoms with Gasteiger partial charge in [0.2, 0.25) is 0 Å². The van der Waals surface area contributed by atoms with Gasteiger partial charge in [-0.3, -0.25) is 10.1 Å². The predicted molar refractivity (Wildman–Crippen MR) is 127 cm³/mol. The molecule has 0 saturated heterocycles. The average molecular weight is 542 g/mol. The number of aromatic nitrogens is 1. The smallest absolute Gasteiger partial charge is 0.345 e. The molecule has 0 aliphatic carbocycles. The van der Waals surface area contributed by atoms with E-state index in [2.05, 4.69) is 39.0 Å². The molecule has 4 rings (SSSR count). The summed E-state index contributed by atoms with van der Waals surface area (Å²) in [5.41, 5.74) is 1.17. The van der Waals surface area contributed by atoms with Gasteiger partial charge in [-0.2, -0.15) is 5.26 Å². The first-order chi connectivity index (χ1) is 15.0. The summed E-state index contributed by atoms with van der Waals surface area (Å²) in [6.45, 7) is 0. The van der Waals surface area contributed by atoms with Gasteiger partial charge in [-0.25, -0.2) is 9.78 Å². The first-order valence-corrected chi connectivity index (χ1v) is 10.7. The molecule has 4 aromatic rings. The summed E-state index contributed by atoms with van der Waals surface area (Å²) in [4.78, 5) is 27.3. The number of para-hydroxylation sites is 1. The summed E-state index contributed by atoms with van der Waals surface area (Å²) in [5.74, 6) is 0. The third-order valence-corrected chi connectivity index (χ3v) is 6.12. The number of anilines is 1. The molecular formula is C21H11IN4O4S. The van der Waals surface area contributed by atoms with Gasteiger partial charge in [0.1, 0.15) is 22.2 Å². The number of benzene rings is 2. The highest BCUT2D eigenvalue weighted by atomic mass is 127. The van der Waals surface area contributed by atoms with E-state index in [4.69, 9.17) is 4.42 Å². The van der Waals surface area contributed by atoms with Gasteiger partial charge in [0, 0.05) is 32.7 Å². The number of halogens is 1. The number of fused-ring (bicyclic) bond motifs is 1. The molecule has 2 heterocycles. The zero-order chi connectivity index (χ0) is 22.0. The topological polar surface area (TPSA) is 122 Å². The lowest BCUT2D eigenvalue weighted by Crippen LogP contribution is -2.03. The maximum Gasteiger partial charge on any atom is 0.345 e. The Hall–Kier alpha value is -3.56. The lowest BCUT2D eigenvalue weighted by atomic mass is 10.1. The molecule has 0 spiro atoms. The predicted octanol–water partition coefficient (Wildman–Crippen LogP) is 5.41. The number of nitrogens with zero attached hydrogens (tertiary/aromatic N) is 3. The van der Waals surface area contributed by atoms with Crippen molar-refractivity contribution in [3.63, 3.8) is 0 Å². The highest BCUT2D eigenvalue weighted by molar-refractivity contribution is 14.1. The monoisotopic (exact) mass is 542 g/mol.